The fourth-order valence-corrected chi connectivity index (χ4v) is 14.0. The standard InChI is InChI=1S/C49H31BN2O2Si/c51-32-33-30-46-47-49(54-45-27-15-12-24-41(45)50(47)40-23-11-14-26-44(40)53-46)48(33)52-42-25-13-10-22-38(42)39-31-37(28-29-43(39)52)55(34-16-4-1-5-17-34,35-18-6-2-7-19-35)36-20-8-3-9-21-36/h1-31H. The third kappa shape index (κ3) is 4.51. The van der Waals surface area contributed by atoms with E-state index in [2.05, 4.69) is 168 Å². The summed E-state index contributed by atoms with van der Waals surface area (Å²) in [5.74, 6) is 2.89. The minimum Gasteiger partial charge on any atom is -0.458 e. The summed E-state index contributed by atoms with van der Waals surface area (Å²) in [6.45, 7) is -0.111. The molecule has 0 saturated heterocycles. The molecule has 2 aliphatic heterocycles. The van der Waals surface area contributed by atoms with E-state index in [1.165, 1.54) is 20.7 Å². The van der Waals surface area contributed by atoms with Gasteiger partial charge in [0.15, 0.2) is 13.8 Å². The van der Waals surface area contributed by atoms with Crippen LogP contribution in [0.4, 0.5) is 0 Å². The van der Waals surface area contributed by atoms with Gasteiger partial charge in [-0.3, -0.25) is 0 Å². The summed E-state index contributed by atoms with van der Waals surface area (Å²) >= 11 is 0. The molecule has 9 aromatic rings. The number of nitriles is 1. The number of nitrogens with zero attached hydrogens (tertiary/aromatic N) is 2. The number of aromatic nitrogens is 1. The van der Waals surface area contributed by atoms with E-state index in [1.54, 1.807) is 0 Å². The van der Waals surface area contributed by atoms with Gasteiger partial charge in [0.25, 0.3) is 6.71 Å². The Kier molecular flexibility index (Phi) is 7.00. The highest BCUT2D eigenvalue weighted by Gasteiger charge is 2.44. The van der Waals surface area contributed by atoms with Crippen LogP contribution in [0.25, 0.3) is 27.5 Å². The molecule has 0 atom stereocenters. The van der Waals surface area contributed by atoms with Crippen molar-refractivity contribution in [2.75, 3.05) is 0 Å². The molecule has 256 valence electrons. The third-order valence-electron chi connectivity index (χ3n) is 11.5. The van der Waals surface area contributed by atoms with Crippen molar-refractivity contribution < 1.29 is 9.47 Å². The molecule has 0 spiro atoms. The zero-order valence-corrected chi connectivity index (χ0v) is 30.7. The van der Waals surface area contributed by atoms with Gasteiger partial charge in [0, 0.05) is 22.3 Å². The van der Waals surface area contributed by atoms with Gasteiger partial charge in [-0.25, -0.2) is 0 Å². The average Bonchev–Trinajstić information content (AvgIpc) is 3.58. The second kappa shape index (κ2) is 12.2. The summed E-state index contributed by atoms with van der Waals surface area (Å²) in [7, 11) is -2.81. The quantitative estimate of drug-likeness (QED) is 0.146. The molecule has 0 amide bonds. The Bertz CT molecular complexity index is 2900. The van der Waals surface area contributed by atoms with Crippen molar-refractivity contribution in [3.63, 3.8) is 0 Å². The maximum atomic E-state index is 10.9. The molecule has 11 rings (SSSR count). The number of hydrogen-bond acceptors (Lipinski definition) is 3. The molecule has 4 nitrogen and oxygen atoms in total. The fraction of sp³-hybridized carbons (Fsp3) is 0. The molecular weight excluding hydrogens is 687 g/mol. The number of rotatable bonds is 5. The molecule has 55 heavy (non-hydrogen) atoms. The monoisotopic (exact) mass is 718 g/mol. The summed E-state index contributed by atoms with van der Waals surface area (Å²) in [5, 5.41) is 18.4. The van der Waals surface area contributed by atoms with Crippen molar-refractivity contribution in [1.82, 2.24) is 4.57 Å². The Morgan fingerprint density at radius 3 is 1.62 bits per heavy atom. The van der Waals surface area contributed by atoms with Gasteiger partial charge < -0.3 is 14.0 Å². The molecule has 6 heteroatoms. The molecule has 0 fully saturated rings. The summed E-state index contributed by atoms with van der Waals surface area (Å²) in [6, 6.07) is 69.4. The van der Waals surface area contributed by atoms with Crippen LogP contribution in [0.3, 0.4) is 0 Å². The second-order valence-electron chi connectivity index (χ2n) is 14.3. The van der Waals surface area contributed by atoms with Gasteiger partial charge in [-0.1, -0.05) is 158 Å². The van der Waals surface area contributed by atoms with E-state index in [9.17, 15) is 5.26 Å². The van der Waals surface area contributed by atoms with Crippen LogP contribution in [0.1, 0.15) is 5.56 Å². The van der Waals surface area contributed by atoms with Gasteiger partial charge in [0.2, 0.25) is 0 Å². The van der Waals surface area contributed by atoms with E-state index in [4.69, 9.17) is 9.47 Å². The SMILES string of the molecule is N#Cc1cc2c3c(c1-n1c4ccccc4c4cc([Si](c5ccccc5)(c5ccccc5)c5ccccc5)ccc41)Oc1ccccc1B3c1ccccc1O2. The third-order valence-corrected chi connectivity index (χ3v) is 16.3. The lowest BCUT2D eigenvalue weighted by molar-refractivity contribution is 0.463. The van der Waals surface area contributed by atoms with Gasteiger partial charge in [0.05, 0.1) is 16.6 Å². The molecule has 0 radical (unpaired) electrons. The maximum Gasteiger partial charge on any atom is 0.260 e. The van der Waals surface area contributed by atoms with E-state index in [-0.39, 0.29) is 6.71 Å². The molecule has 3 heterocycles. The predicted molar refractivity (Wildman–Crippen MR) is 227 cm³/mol. The summed E-state index contributed by atoms with van der Waals surface area (Å²) < 4.78 is 15.8. The number of benzene rings is 8. The van der Waals surface area contributed by atoms with Crippen LogP contribution in [0.2, 0.25) is 0 Å². The van der Waals surface area contributed by atoms with Crippen LogP contribution >= 0.6 is 0 Å². The van der Waals surface area contributed by atoms with Gasteiger partial charge in [-0.2, -0.15) is 5.26 Å². The van der Waals surface area contributed by atoms with Crippen LogP contribution in [0, 0.1) is 11.3 Å². The molecule has 0 bridgehead atoms. The summed E-state index contributed by atoms with van der Waals surface area (Å²) in [5.41, 5.74) is 6.32. The normalized spacial score (nSPS) is 12.6. The fourth-order valence-electron chi connectivity index (χ4n) is 9.25. The molecule has 0 aliphatic carbocycles. The smallest absolute Gasteiger partial charge is 0.260 e. The highest BCUT2D eigenvalue weighted by atomic mass is 28.3. The first-order chi connectivity index (χ1) is 27.3. The first-order valence-electron chi connectivity index (χ1n) is 18.6. The molecule has 0 saturated carbocycles. The number of ether oxygens (including phenoxy) is 2. The molecule has 0 N–H and O–H groups in total. The van der Waals surface area contributed by atoms with Crippen LogP contribution < -0.4 is 46.6 Å². The van der Waals surface area contributed by atoms with Gasteiger partial charge in [0.1, 0.15) is 29.0 Å². The lowest BCUT2D eigenvalue weighted by Gasteiger charge is -2.35. The highest BCUT2D eigenvalue weighted by Crippen LogP contribution is 2.43. The van der Waals surface area contributed by atoms with E-state index in [1.807, 2.05) is 30.3 Å². The predicted octanol–water partition coefficient (Wildman–Crippen LogP) is 6.76. The first kappa shape index (κ1) is 31.5. The molecule has 1 aromatic heterocycles. The number of hydrogen-bond donors (Lipinski definition) is 0. The first-order valence-corrected chi connectivity index (χ1v) is 20.6. The zero-order valence-electron chi connectivity index (χ0n) is 29.7. The van der Waals surface area contributed by atoms with Crippen molar-refractivity contribution in [2.24, 2.45) is 0 Å². The average molecular weight is 719 g/mol. The topological polar surface area (TPSA) is 47.2 Å². The Hall–Kier alpha value is -7.07. The van der Waals surface area contributed by atoms with E-state index in [0.29, 0.717) is 17.1 Å². The Labute approximate surface area is 320 Å². The molecule has 0 unspecified atom stereocenters. The Balaban J connectivity index is 1.23. The van der Waals surface area contributed by atoms with E-state index < -0.39 is 8.07 Å². The van der Waals surface area contributed by atoms with Gasteiger partial charge in [-0.05, 0) is 55.9 Å². The minimum atomic E-state index is -2.81. The van der Waals surface area contributed by atoms with Crippen LogP contribution in [0.5, 0.6) is 23.0 Å². The second-order valence-corrected chi connectivity index (χ2v) is 18.1. The number of para-hydroxylation sites is 3. The van der Waals surface area contributed by atoms with Gasteiger partial charge >= 0.3 is 0 Å². The van der Waals surface area contributed by atoms with Crippen molar-refractivity contribution in [3.8, 4) is 34.8 Å². The lowest BCUT2D eigenvalue weighted by Crippen LogP contribution is -2.74. The molecule has 2 aliphatic rings. The highest BCUT2D eigenvalue weighted by molar-refractivity contribution is 7.20. The zero-order chi connectivity index (χ0) is 36.5. The van der Waals surface area contributed by atoms with Crippen molar-refractivity contribution in [3.05, 3.63) is 194 Å². The van der Waals surface area contributed by atoms with E-state index >= 15 is 0 Å². The van der Waals surface area contributed by atoms with Crippen LogP contribution in [0.15, 0.2) is 188 Å². The minimum absolute atomic E-state index is 0.111. The van der Waals surface area contributed by atoms with Crippen molar-refractivity contribution >= 4 is 73.7 Å². The van der Waals surface area contributed by atoms with Gasteiger partial charge in [-0.15, -0.1) is 0 Å². The molecule has 8 aromatic carbocycles. The van der Waals surface area contributed by atoms with Crippen LogP contribution in [-0.2, 0) is 0 Å². The van der Waals surface area contributed by atoms with E-state index in [0.717, 1.165) is 55.4 Å². The Morgan fingerprint density at radius 2 is 1.00 bits per heavy atom. The largest absolute Gasteiger partial charge is 0.458 e. The van der Waals surface area contributed by atoms with Crippen LogP contribution in [-0.4, -0.2) is 19.4 Å². The molecular formula is C49H31BN2O2Si. The van der Waals surface area contributed by atoms with Crippen molar-refractivity contribution in [2.45, 2.75) is 0 Å². The summed E-state index contributed by atoms with van der Waals surface area (Å²) in [6.07, 6.45) is 0. The summed E-state index contributed by atoms with van der Waals surface area (Å²) in [4.78, 5) is 0. The Morgan fingerprint density at radius 1 is 0.473 bits per heavy atom. The number of fused-ring (bicyclic) bond motifs is 7. The van der Waals surface area contributed by atoms with Crippen molar-refractivity contribution in [1.29, 1.82) is 5.26 Å². The lowest BCUT2D eigenvalue weighted by atomic mass is 9.35. The maximum absolute atomic E-state index is 10.9.